The number of aryl methyl sites for hydroxylation is 1. The molecule has 6 nitrogen and oxygen atoms in total. The zero-order valence-electron chi connectivity index (χ0n) is 18.5. The maximum atomic E-state index is 5.78. The van der Waals surface area contributed by atoms with Crippen molar-refractivity contribution in [2.45, 2.75) is 27.4 Å². The fourth-order valence-electron chi connectivity index (χ4n) is 3.27. The molecule has 1 aromatic carbocycles. The van der Waals surface area contributed by atoms with E-state index in [1.54, 1.807) is 6.20 Å². The Morgan fingerprint density at radius 1 is 1.03 bits per heavy atom. The summed E-state index contributed by atoms with van der Waals surface area (Å²) in [7, 11) is 0. The van der Waals surface area contributed by atoms with Crippen molar-refractivity contribution in [3.8, 4) is 23.7 Å². The summed E-state index contributed by atoms with van der Waals surface area (Å²) in [6.07, 6.45) is 7.24. The normalized spacial score (nSPS) is 11.0. The van der Waals surface area contributed by atoms with Crippen molar-refractivity contribution >= 4 is 22.5 Å². The number of benzene rings is 1. The van der Waals surface area contributed by atoms with Crippen LogP contribution in [0.5, 0.6) is 0 Å². The van der Waals surface area contributed by atoms with Crippen molar-refractivity contribution < 1.29 is 4.74 Å². The first kappa shape index (κ1) is 21.4. The van der Waals surface area contributed by atoms with Crippen molar-refractivity contribution in [2.75, 3.05) is 11.9 Å². The van der Waals surface area contributed by atoms with Gasteiger partial charge in [-0.2, -0.15) is 0 Å². The number of nitrogens with one attached hydrogen (secondary N) is 1. The maximum absolute atomic E-state index is 5.78. The van der Waals surface area contributed by atoms with E-state index in [0.29, 0.717) is 36.4 Å². The maximum Gasteiger partial charge on any atom is 0.165 e. The molecule has 0 saturated heterocycles. The van der Waals surface area contributed by atoms with Crippen molar-refractivity contribution in [1.29, 1.82) is 0 Å². The second-order valence-electron chi connectivity index (χ2n) is 7.98. The van der Waals surface area contributed by atoms with Gasteiger partial charge in [-0.05, 0) is 60.9 Å². The van der Waals surface area contributed by atoms with E-state index in [-0.39, 0.29) is 0 Å². The Kier molecular flexibility index (Phi) is 6.39. The summed E-state index contributed by atoms with van der Waals surface area (Å²) in [6, 6.07) is 15.5. The van der Waals surface area contributed by atoms with Crippen LogP contribution in [0.15, 0.2) is 54.7 Å². The Morgan fingerprint density at radius 3 is 2.56 bits per heavy atom. The molecule has 0 radical (unpaired) electrons. The van der Waals surface area contributed by atoms with Gasteiger partial charge in [0.1, 0.15) is 12.4 Å². The lowest BCUT2D eigenvalue weighted by molar-refractivity contribution is 0.0925. The number of pyridine rings is 2. The summed E-state index contributed by atoms with van der Waals surface area (Å²) in [5, 5.41) is 4.19. The molecule has 32 heavy (non-hydrogen) atoms. The Labute approximate surface area is 188 Å². The highest BCUT2D eigenvalue weighted by atomic mass is 16.5. The lowest BCUT2D eigenvalue weighted by atomic mass is 10.1. The smallest absolute Gasteiger partial charge is 0.165 e. The van der Waals surface area contributed by atoms with E-state index in [9.17, 15) is 0 Å². The van der Waals surface area contributed by atoms with E-state index in [1.165, 1.54) is 0 Å². The minimum atomic E-state index is 0.313. The minimum Gasteiger partial charge on any atom is -0.373 e. The van der Waals surface area contributed by atoms with Crippen LogP contribution >= 0.6 is 0 Å². The standard InChI is InChI=1S/C26H25N5O/c1-5-19-8-10-20(11-9-19)28-25-21-12-13-22(24-18(4)7-6-14-27-24)29-26(21)31-23(30-25)16-32-15-17(2)3/h1,6-14,17H,15-16H2,2-4H3,(H,28,29,30,31). The van der Waals surface area contributed by atoms with Crippen LogP contribution in [-0.4, -0.2) is 26.5 Å². The molecular formula is C26H25N5O. The van der Waals surface area contributed by atoms with Crippen LogP contribution in [0.25, 0.3) is 22.4 Å². The average molecular weight is 424 g/mol. The monoisotopic (exact) mass is 423 g/mol. The molecule has 0 unspecified atom stereocenters. The highest BCUT2D eigenvalue weighted by Crippen LogP contribution is 2.27. The number of anilines is 2. The van der Waals surface area contributed by atoms with Crippen LogP contribution in [0.4, 0.5) is 11.5 Å². The van der Waals surface area contributed by atoms with Gasteiger partial charge in [0.15, 0.2) is 11.5 Å². The third kappa shape index (κ3) is 4.90. The third-order valence-corrected chi connectivity index (χ3v) is 4.85. The molecule has 0 saturated carbocycles. The fourth-order valence-corrected chi connectivity index (χ4v) is 3.27. The van der Waals surface area contributed by atoms with E-state index in [4.69, 9.17) is 21.1 Å². The molecule has 0 aliphatic heterocycles. The molecular weight excluding hydrogens is 398 g/mol. The lowest BCUT2D eigenvalue weighted by Crippen LogP contribution is -2.07. The third-order valence-electron chi connectivity index (χ3n) is 4.85. The molecule has 0 bridgehead atoms. The van der Waals surface area contributed by atoms with Gasteiger partial charge in [-0.1, -0.05) is 25.8 Å². The molecule has 160 valence electrons. The molecule has 0 aliphatic rings. The lowest BCUT2D eigenvalue weighted by Gasteiger charge is -2.13. The van der Waals surface area contributed by atoms with E-state index in [0.717, 1.165) is 33.6 Å². The highest BCUT2D eigenvalue weighted by Gasteiger charge is 2.13. The number of rotatable bonds is 7. The quantitative estimate of drug-likeness (QED) is 0.407. The number of hydrogen-bond donors (Lipinski definition) is 1. The summed E-state index contributed by atoms with van der Waals surface area (Å²) < 4.78 is 5.78. The largest absolute Gasteiger partial charge is 0.373 e. The molecule has 1 N–H and O–H groups in total. The van der Waals surface area contributed by atoms with Crippen LogP contribution in [0, 0.1) is 25.2 Å². The van der Waals surface area contributed by atoms with Gasteiger partial charge in [0.25, 0.3) is 0 Å². The fraction of sp³-hybridized carbons (Fsp3) is 0.231. The van der Waals surface area contributed by atoms with E-state index < -0.39 is 0 Å². The van der Waals surface area contributed by atoms with Crippen molar-refractivity contribution in [3.05, 3.63) is 71.7 Å². The molecule has 3 heterocycles. The second-order valence-corrected chi connectivity index (χ2v) is 7.98. The predicted molar refractivity (Wildman–Crippen MR) is 127 cm³/mol. The molecule has 0 amide bonds. The molecule has 0 atom stereocenters. The van der Waals surface area contributed by atoms with Crippen LogP contribution in [-0.2, 0) is 11.3 Å². The van der Waals surface area contributed by atoms with Crippen molar-refractivity contribution in [3.63, 3.8) is 0 Å². The van der Waals surface area contributed by atoms with Gasteiger partial charge in [0.05, 0.1) is 16.8 Å². The summed E-state index contributed by atoms with van der Waals surface area (Å²) in [5.41, 5.74) is 4.96. The van der Waals surface area contributed by atoms with Gasteiger partial charge in [0.2, 0.25) is 0 Å². The number of ether oxygens (including phenoxy) is 1. The summed E-state index contributed by atoms with van der Waals surface area (Å²) in [5.74, 6) is 4.30. The first-order valence-electron chi connectivity index (χ1n) is 10.5. The van der Waals surface area contributed by atoms with Crippen molar-refractivity contribution in [2.24, 2.45) is 5.92 Å². The zero-order chi connectivity index (χ0) is 22.5. The van der Waals surface area contributed by atoms with Gasteiger partial charge in [-0.15, -0.1) is 6.42 Å². The minimum absolute atomic E-state index is 0.313. The number of nitrogens with zero attached hydrogens (tertiary/aromatic N) is 4. The van der Waals surface area contributed by atoms with Crippen LogP contribution in [0.3, 0.4) is 0 Å². The topological polar surface area (TPSA) is 72.8 Å². The zero-order valence-corrected chi connectivity index (χ0v) is 18.5. The molecule has 4 rings (SSSR count). The number of hydrogen-bond acceptors (Lipinski definition) is 6. The van der Waals surface area contributed by atoms with Gasteiger partial charge in [-0.3, -0.25) is 4.98 Å². The van der Waals surface area contributed by atoms with E-state index in [1.807, 2.05) is 55.5 Å². The van der Waals surface area contributed by atoms with Crippen molar-refractivity contribution in [1.82, 2.24) is 19.9 Å². The Bertz CT molecular complexity index is 1280. The molecule has 6 heteroatoms. The summed E-state index contributed by atoms with van der Waals surface area (Å²) in [4.78, 5) is 18.7. The van der Waals surface area contributed by atoms with E-state index in [2.05, 4.69) is 35.1 Å². The van der Waals surface area contributed by atoms with Crippen LogP contribution < -0.4 is 5.32 Å². The molecule has 3 aromatic heterocycles. The first-order valence-corrected chi connectivity index (χ1v) is 10.5. The van der Waals surface area contributed by atoms with E-state index >= 15 is 0 Å². The predicted octanol–water partition coefficient (Wildman–Crippen LogP) is 5.29. The average Bonchev–Trinajstić information content (AvgIpc) is 2.79. The van der Waals surface area contributed by atoms with Gasteiger partial charge in [0, 0.05) is 24.1 Å². The second kappa shape index (κ2) is 9.54. The van der Waals surface area contributed by atoms with Gasteiger partial charge in [-0.25, -0.2) is 15.0 Å². The SMILES string of the molecule is C#Cc1ccc(Nc2nc(COCC(C)C)nc3nc(-c4ncccc4C)ccc23)cc1. The number of terminal acetylenes is 1. The Hall–Kier alpha value is -3.82. The molecule has 0 fully saturated rings. The van der Waals surface area contributed by atoms with Crippen LogP contribution in [0.2, 0.25) is 0 Å². The summed E-state index contributed by atoms with van der Waals surface area (Å²) in [6.45, 7) is 7.19. The number of aromatic nitrogens is 4. The highest BCUT2D eigenvalue weighted by molar-refractivity contribution is 5.90. The molecule has 0 spiro atoms. The van der Waals surface area contributed by atoms with Crippen LogP contribution in [0.1, 0.15) is 30.8 Å². The van der Waals surface area contributed by atoms with Gasteiger partial charge < -0.3 is 10.1 Å². The Balaban J connectivity index is 1.75. The Morgan fingerprint density at radius 2 is 1.84 bits per heavy atom. The summed E-state index contributed by atoms with van der Waals surface area (Å²) >= 11 is 0. The number of fused-ring (bicyclic) bond motifs is 1. The first-order chi connectivity index (χ1) is 15.5. The van der Waals surface area contributed by atoms with Gasteiger partial charge >= 0.3 is 0 Å². The molecule has 4 aromatic rings. The molecule has 0 aliphatic carbocycles.